The van der Waals surface area contributed by atoms with Crippen LogP contribution in [0.25, 0.3) is 0 Å². The van der Waals surface area contributed by atoms with Gasteiger partial charge < -0.3 is 16.0 Å². The zero-order valence-electron chi connectivity index (χ0n) is 15.8. The van der Waals surface area contributed by atoms with E-state index < -0.39 is 51.9 Å². The van der Waals surface area contributed by atoms with E-state index in [-0.39, 0.29) is 12.1 Å². The molecule has 0 unspecified atom stereocenters. The zero-order valence-corrected chi connectivity index (χ0v) is 16.6. The number of carbonyl (C=O) groups excluding carboxylic acids is 2. The SMILES string of the molecule is O=C(C[C@H]1Nc2ccccc2NC1=O)Nc1ccc(SC(F)(F)C(F)(F)C(F)(F)F)cc1. The van der Waals surface area contributed by atoms with E-state index in [2.05, 4.69) is 16.0 Å². The summed E-state index contributed by atoms with van der Waals surface area (Å²) >= 11 is -0.949. The molecule has 0 aromatic heterocycles. The summed E-state index contributed by atoms with van der Waals surface area (Å²) in [7, 11) is 0. The van der Waals surface area contributed by atoms with E-state index in [9.17, 15) is 40.3 Å². The van der Waals surface area contributed by atoms with Gasteiger partial charge in [-0.3, -0.25) is 9.59 Å². The molecule has 1 atom stereocenters. The highest BCUT2D eigenvalue weighted by Gasteiger charge is 2.73. The van der Waals surface area contributed by atoms with E-state index >= 15 is 0 Å². The lowest BCUT2D eigenvalue weighted by molar-refractivity contribution is -0.330. The molecule has 0 saturated carbocycles. The molecular weight excluding hydrogens is 467 g/mol. The summed E-state index contributed by atoms with van der Waals surface area (Å²) in [5.74, 6) is -7.30. The number of fused-ring (bicyclic) bond motifs is 1. The lowest BCUT2D eigenvalue weighted by Crippen LogP contribution is -2.49. The Morgan fingerprint density at radius 1 is 0.938 bits per heavy atom. The fourth-order valence-corrected chi connectivity index (χ4v) is 3.53. The molecule has 3 N–H and O–H groups in total. The second-order valence-electron chi connectivity index (χ2n) is 6.70. The van der Waals surface area contributed by atoms with Crippen LogP contribution in [0.5, 0.6) is 0 Å². The third-order valence-electron chi connectivity index (χ3n) is 4.33. The van der Waals surface area contributed by atoms with E-state index in [1.54, 1.807) is 24.3 Å². The van der Waals surface area contributed by atoms with Gasteiger partial charge >= 0.3 is 17.4 Å². The Hall–Kier alpha value is -2.96. The van der Waals surface area contributed by atoms with Gasteiger partial charge in [0.1, 0.15) is 6.04 Å². The molecule has 3 rings (SSSR count). The second kappa shape index (κ2) is 8.52. The maximum Gasteiger partial charge on any atom is 0.460 e. The molecule has 172 valence electrons. The van der Waals surface area contributed by atoms with Gasteiger partial charge in [-0.05, 0) is 48.2 Å². The Labute approximate surface area is 180 Å². The van der Waals surface area contributed by atoms with E-state index in [0.29, 0.717) is 11.4 Å². The van der Waals surface area contributed by atoms with Gasteiger partial charge in [0.05, 0.1) is 17.8 Å². The lowest BCUT2D eigenvalue weighted by atomic mass is 10.1. The third-order valence-corrected chi connectivity index (χ3v) is 5.35. The third kappa shape index (κ3) is 4.92. The van der Waals surface area contributed by atoms with Crippen LogP contribution >= 0.6 is 11.8 Å². The number of hydrogen-bond donors (Lipinski definition) is 3. The predicted octanol–water partition coefficient (Wildman–Crippen LogP) is 5.33. The van der Waals surface area contributed by atoms with Crippen LogP contribution in [0.15, 0.2) is 53.4 Å². The molecule has 0 aliphatic carbocycles. The molecule has 0 radical (unpaired) electrons. The van der Waals surface area contributed by atoms with Crippen LogP contribution in [0.1, 0.15) is 6.42 Å². The summed E-state index contributed by atoms with van der Waals surface area (Å²) in [5.41, 5.74) is 1.24. The van der Waals surface area contributed by atoms with Crippen molar-refractivity contribution in [3.05, 3.63) is 48.5 Å². The van der Waals surface area contributed by atoms with Gasteiger partial charge in [0.2, 0.25) is 11.8 Å². The van der Waals surface area contributed by atoms with Crippen LogP contribution in [0.3, 0.4) is 0 Å². The van der Waals surface area contributed by atoms with Gasteiger partial charge in [-0.2, -0.15) is 30.7 Å². The summed E-state index contributed by atoms with van der Waals surface area (Å²) in [4.78, 5) is 23.8. The standard InChI is InChI=1S/C19H14F7N3O2S/c20-17(21,18(22,23)24)19(25,26)32-11-7-5-10(6-8-11)27-15(30)9-14-16(31)29-13-4-2-1-3-12(13)28-14/h1-8,14,28H,9H2,(H,27,30)(H,29,31)/t14-/m1/s1. The number of alkyl halides is 7. The van der Waals surface area contributed by atoms with Crippen LogP contribution in [0.4, 0.5) is 47.8 Å². The molecule has 2 aromatic rings. The van der Waals surface area contributed by atoms with Crippen molar-refractivity contribution in [2.45, 2.75) is 34.7 Å². The number of thioether (sulfide) groups is 1. The molecule has 0 spiro atoms. The molecule has 0 bridgehead atoms. The van der Waals surface area contributed by atoms with E-state index in [0.717, 1.165) is 24.3 Å². The number of benzene rings is 2. The van der Waals surface area contributed by atoms with Gasteiger partial charge in [-0.15, -0.1) is 0 Å². The number of para-hydroxylation sites is 2. The monoisotopic (exact) mass is 481 g/mol. The highest BCUT2D eigenvalue weighted by molar-refractivity contribution is 8.00. The van der Waals surface area contributed by atoms with Crippen molar-refractivity contribution in [1.82, 2.24) is 0 Å². The van der Waals surface area contributed by atoms with Crippen LogP contribution in [-0.2, 0) is 9.59 Å². The normalized spacial score (nSPS) is 16.6. The number of hydrogen-bond acceptors (Lipinski definition) is 4. The summed E-state index contributed by atoms with van der Waals surface area (Å²) in [6, 6.07) is 9.79. The summed E-state index contributed by atoms with van der Waals surface area (Å²) in [6.45, 7) is 0. The van der Waals surface area contributed by atoms with Gasteiger partial charge in [-0.1, -0.05) is 12.1 Å². The van der Waals surface area contributed by atoms with Gasteiger partial charge in [0.25, 0.3) is 0 Å². The zero-order chi connectivity index (χ0) is 23.7. The van der Waals surface area contributed by atoms with Gasteiger partial charge in [-0.25, -0.2) is 0 Å². The Morgan fingerprint density at radius 2 is 1.53 bits per heavy atom. The number of carbonyl (C=O) groups is 2. The number of halogens is 7. The molecule has 0 saturated heterocycles. The van der Waals surface area contributed by atoms with Crippen molar-refractivity contribution in [3.8, 4) is 0 Å². The van der Waals surface area contributed by atoms with E-state index in [1.165, 1.54) is 0 Å². The van der Waals surface area contributed by atoms with Crippen molar-refractivity contribution in [1.29, 1.82) is 0 Å². The van der Waals surface area contributed by atoms with Gasteiger partial charge in [0.15, 0.2) is 0 Å². The van der Waals surface area contributed by atoms with E-state index in [1.807, 2.05) is 0 Å². The molecular formula is C19H14F7N3O2S. The first-order valence-electron chi connectivity index (χ1n) is 8.88. The molecule has 0 fully saturated rings. The number of rotatable bonds is 6. The number of nitrogens with one attached hydrogen (secondary N) is 3. The first-order valence-corrected chi connectivity index (χ1v) is 9.69. The topological polar surface area (TPSA) is 70.2 Å². The predicted molar refractivity (Wildman–Crippen MR) is 104 cm³/mol. The van der Waals surface area contributed by atoms with Crippen molar-refractivity contribution in [2.75, 3.05) is 16.0 Å². The fraction of sp³-hybridized carbons (Fsp3) is 0.263. The summed E-state index contributed by atoms with van der Waals surface area (Å²) in [5, 5.41) is 2.49. The Morgan fingerprint density at radius 3 is 2.12 bits per heavy atom. The van der Waals surface area contributed by atoms with Crippen LogP contribution in [0.2, 0.25) is 0 Å². The molecule has 1 aliphatic rings. The average molecular weight is 481 g/mol. The van der Waals surface area contributed by atoms with Crippen molar-refractivity contribution >= 4 is 40.6 Å². The Bertz CT molecular complexity index is 1010. The maximum absolute atomic E-state index is 13.5. The Balaban J connectivity index is 1.60. The quantitative estimate of drug-likeness (QED) is 0.385. The van der Waals surface area contributed by atoms with Gasteiger partial charge in [0, 0.05) is 10.6 Å². The van der Waals surface area contributed by atoms with Crippen molar-refractivity contribution in [3.63, 3.8) is 0 Å². The summed E-state index contributed by atoms with van der Waals surface area (Å²) in [6.07, 6.45) is -6.70. The largest absolute Gasteiger partial charge is 0.460 e. The smallest absolute Gasteiger partial charge is 0.372 e. The second-order valence-corrected chi connectivity index (χ2v) is 7.89. The van der Waals surface area contributed by atoms with E-state index in [4.69, 9.17) is 0 Å². The van der Waals surface area contributed by atoms with Crippen LogP contribution < -0.4 is 16.0 Å². The van der Waals surface area contributed by atoms with Crippen molar-refractivity contribution in [2.24, 2.45) is 0 Å². The fourth-order valence-electron chi connectivity index (χ4n) is 2.72. The molecule has 5 nitrogen and oxygen atoms in total. The molecule has 2 aromatic carbocycles. The molecule has 1 heterocycles. The minimum atomic E-state index is -6.42. The lowest BCUT2D eigenvalue weighted by Gasteiger charge is -2.27. The number of amides is 2. The maximum atomic E-state index is 13.5. The first kappa shape index (κ1) is 23.7. The molecule has 13 heteroatoms. The minimum Gasteiger partial charge on any atom is -0.372 e. The van der Waals surface area contributed by atoms with Crippen LogP contribution in [-0.4, -0.2) is 35.2 Å². The molecule has 2 amide bonds. The highest BCUT2D eigenvalue weighted by Crippen LogP contribution is 2.53. The average Bonchev–Trinajstić information content (AvgIpc) is 2.69. The minimum absolute atomic E-state index is 0.0712. The Kier molecular flexibility index (Phi) is 6.31. The molecule has 32 heavy (non-hydrogen) atoms. The first-order chi connectivity index (χ1) is 14.8. The van der Waals surface area contributed by atoms with Crippen LogP contribution in [0, 0.1) is 0 Å². The summed E-state index contributed by atoms with van der Waals surface area (Å²) < 4.78 is 89.6. The highest BCUT2D eigenvalue weighted by atomic mass is 32.2. The van der Waals surface area contributed by atoms with Crippen molar-refractivity contribution < 1.29 is 40.3 Å². The number of anilines is 3. The molecule has 1 aliphatic heterocycles.